The average Bonchev–Trinajstić information content (AvgIpc) is 3.30. The first-order valence-electron chi connectivity index (χ1n) is 9.17. The smallest absolute Gasteiger partial charge is 0.257 e. The summed E-state index contributed by atoms with van der Waals surface area (Å²) in [4.78, 5) is 12.9. The highest BCUT2D eigenvalue weighted by atomic mass is 35.5. The van der Waals surface area contributed by atoms with E-state index in [-0.39, 0.29) is 33.8 Å². The van der Waals surface area contributed by atoms with Crippen LogP contribution in [0.2, 0.25) is 5.02 Å². The number of aromatic nitrogens is 1. The first kappa shape index (κ1) is 17.5. The van der Waals surface area contributed by atoms with Crippen molar-refractivity contribution in [1.82, 2.24) is 10.5 Å². The summed E-state index contributed by atoms with van der Waals surface area (Å²) < 4.78 is 19.5. The molecular weight excluding hydrogens is 355 g/mol. The number of carbonyl (C=O) groups is 1. The number of carbonyl (C=O) groups excluding carboxylic acids is 1. The SMILES string of the molecule is Cc1onc(-c2c(F)cccc2Cl)c1C(=O)N[C@H](C)[C@H]1C[C@H]2CC[C@H]1C2. The van der Waals surface area contributed by atoms with Gasteiger partial charge in [-0.25, -0.2) is 4.39 Å². The van der Waals surface area contributed by atoms with Gasteiger partial charge in [0, 0.05) is 6.04 Å². The maximum absolute atomic E-state index is 14.3. The first-order chi connectivity index (χ1) is 12.5. The molecular formula is C20H22ClFN2O2. The summed E-state index contributed by atoms with van der Waals surface area (Å²) in [7, 11) is 0. The van der Waals surface area contributed by atoms with Crippen molar-refractivity contribution in [3.63, 3.8) is 0 Å². The van der Waals surface area contributed by atoms with Crippen molar-refractivity contribution in [3.05, 3.63) is 40.4 Å². The van der Waals surface area contributed by atoms with Gasteiger partial charge in [-0.2, -0.15) is 0 Å². The van der Waals surface area contributed by atoms with E-state index in [0.717, 1.165) is 5.92 Å². The number of halogens is 2. The Balaban J connectivity index is 1.60. The number of benzene rings is 1. The quantitative estimate of drug-likeness (QED) is 0.817. The lowest BCUT2D eigenvalue weighted by Crippen LogP contribution is -2.40. The third-order valence-electron chi connectivity index (χ3n) is 6.08. The van der Waals surface area contributed by atoms with Gasteiger partial charge >= 0.3 is 0 Å². The lowest BCUT2D eigenvalue weighted by molar-refractivity contribution is 0.0914. The van der Waals surface area contributed by atoms with E-state index >= 15 is 0 Å². The van der Waals surface area contributed by atoms with Crippen molar-refractivity contribution in [1.29, 1.82) is 0 Å². The highest BCUT2D eigenvalue weighted by Gasteiger charge is 2.42. The molecule has 1 N–H and O–H groups in total. The van der Waals surface area contributed by atoms with Crippen molar-refractivity contribution in [2.24, 2.45) is 17.8 Å². The number of amides is 1. The Bertz CT molecular complexity index is 830. The van der Waals surface area contributed by atoms with Crippen LogP contribution in [0.5, 0.6) is 0 Å². The normalized spacial score (nSPS) is 25.5. The number of nitrogens with one attached hydrogen (secondary N) is 1. The Hall–Kier alpha value is -1.88. The van der Waals surface area contributed by atoms with Gasteiger partial charge in [0.25, 0.3) is 5.91 Å². The summed E-state index contributed by atoms with van der Waals surface area (Å²) in [5, 5.41) is 7.21. The number of hydrogen-bond acceptors (Lipinski definition) is 3. The van der Waals surface area contributed by atoms with Crippen LogP contribution in [0, 0.1) is 30.5 Å². The zero-order valence-electron chi connectivity index (χ0n) is 14.9. The van der Waals surface area contributed by atoms with E-state index in [1.807, 2.05) is 0 Å². The second-order valence-corrected chi connectivity index (χ2v) is 8.07. The van der Waals surface area contributed by atoms with Gasteiger partial charge in [-0.15, -0.1) is 0 Å². The summed E-state index contributed by atoms with van der Waals surface area (Å²) >= 11 is 6.15. The first-order valence-corrected chi connectivity index (χ1v) is 9.55. The van der Waals surface area contributed by atoms with Crippen molar-refractivity contribution < 1.29 is 13.7 Å². The molecule has 4 atom stereocenters. The van der Waals surface area contributed by atoms with Crippen LogP contribution in [0.1, 0.15) is 48.7 Å². The predicted octanol–water partition coefficient (Wildman–Crippen LogP) is 5.00. The van der Waals surface area contributed by atoms with E-state index in [0.29, 0.717) is 17.6 Å². The number of fused-ring (bicyclic) bond motifs is 2. The molecule has 0 spiro atoms. The van der Waals surface area contributed by atoms with Crippen molar-refractivity contribution in [2.75, 3.05) is 0 Å². The molecule has 1 aromatic heterocycles. The van der Waals surface area contributed by atoms with Gasteiger partial charge in [0.05, 0.1) is 10.6 Å². The highest BCUT2D eigenvalue weighted by molar-refractivity contribution is 6.33. The molecule has 2 bridgehead atoms. The molecule has 1 aromatic carbocycles. The van der Waals surface area contributed by atoms with Gasteiger partial charge in [-0.3, -0.25) is 4.79 Å². The molecule has 0 radical (unpaired) electrons. The average molecular weight is 377 g/mol. The maximum Gasteiger partial charge on any atom is 0.257 e. The molecule has 4 rings (SSSR count). The Kier molecular flexibility index (Phi) is 4.51. The molecule has 26 heavy (non-hydrogen) atoms. The van der Waals surface area contributed by atoms with Gasteiger partial charge in [0.1, 0.15) is 22.8 Å². The summed E-state index contributed by atoms with van der Waals surface area (Å²) in [6.45, 7) is 3.71. The largest absolute Gasteiger partial charge is 0.360 e. The molecule has 1 heterocycles. The van der Waals surface area contributed by atoms with Gasteiger partial charge in [-0.05, 0) is 63.0 Å². The molecule has 2 aromatic rings. The molecule has 0 unspecified atom stereocenters. The summed E-state index contributed by atoms with van der Waals surface area (Å²) in [5.41, 5.74) is 0.513. The van der Waals surface area contributed by atoms with Crippen LogP contribution in [0.3, 0.4) is 0 Å². The fourth-order valence-electron chi connectivity index (χ4n) is 4.83. The number of hydrogen-bond donors (Lipinski definition) is 1. The molecule has 2 saturated carbocycles. The molecule has 2 fully saturated rings. The standard InChI is InChI=1S/C20H22ClFN2O2/c1-10(14-9-12-6-7-13(14)8-12)23-20(25)17-11(2)26-24-19(17)18-15(21)4-3-5-16(18)22/h3-5,10,12-14H,6-9H2,1-2H3,(H,23,25)/t10-,12+,13+,14-/m1/s1. The van der Waals surface area contributed by atoms with Crippen LogP contribution in [0.25, 0.3) is 11.3 Å². The second kappa shape index (κ2) is 6.69. The van der Waals surface area contributed by atoms with Crippen molar-refractivity contribution in [2.45, 2.75) is 45.6 Å². The van der Waals surface area contributed by atoms with Crippen LogP contribution >= 0.6 is 11.6 Å². The maximum atomic E-state index is 14.3. The molecule has 4 nitrogen and oxygen atoms in total. The minimum absolute atomic E-state index is 0.0658. The van der Waals surface area contributed by atoms with Gasteiger partial charge in [0.2, 0.25) is 0 Å². The molecule has 2 aliphatic rings. The van der Waals surface area contributed by atoms with E-state index in [9.17, 15) is 9.18 Å². The Morgan fingerprint density at radius 3 is 2.85 bits per heavy atom. The highest BCUT2D eigenvalue weighted by Crippen LogP contribution is 2.49. The fourth-order valence-corrected chi connectivity index (χ4v) is 5.08. The Morgan fingerprint density at radius 2 is 2.19 bits per heavy atom. The topological polar surface area (TPSA) is 55.1 Å². The van der Waals surface area contributed by atoms with Crippen LogP contribution in [-0.4, -0.2) is 17.1 Å². The monoisotopic (exact) mass is 376 g/mol. The Morgan fingerprint density at radius 1 is 1.38 bits per heavy atom. The van der Waals surface area contributed by atoms with Crippen LogP contribution < -0.4 is 5.32 Å². The molecule has 2 aliphatic carbocycles. The van der Waals surface area contributed by atoms with Crippen LogP contribution in [-0.2, 0) is 0 Å². The van der Waals surface area contributed by atoms with E-state index in [2.05, 4.69) is 17.4 Å². The molecule has 6 heteroatoms. The number of nitrogens with zero attached hydrogens (tertiary/aromatic N) is 1. The van der Waals surface area contributed by atoms with Gasteiger partial charge in [-0.1, -0.05) is 29.2 Å². The molecule has 0 saturated heterocycles. The van der Waals surface area contributed by atoms with Gasteiger partial charge < -0.3 is 9.84 Å². The van der Waals surface area contributed by atoms with E-state index in [1.54, 1.807) is 13.0 Å². The summed E-state index contributed by atoms with van der Waals surface area (Å²) in [6.07, 6.45) is 5.05. The third kappa shape index (κ3) is 2.92. The van der Waals surface area contributed by atoms with Crippen LogP contribution in [0.4, 0.5) is 4.39 Å². The number of aryl methyl sites for hydroxylation is 1. The zero-order valence-corrected chi connectivity index (χ0v) is 15.6. The lowest BCUT2D eigenvalue weighted by atomic mass is 9.84. The van der Waals surface area contributed by atoms with Gasteiger partial charge in [0.15, 0.2) is 0 Å². The van der Waals surface area contributed by atoms with E-state index in [1.165, 1.54) is 37.8 Å². The second-order valence-electron chi connectivity index (χ2n) is 7.66. The lowest BCUT2D eigenvalue weighted by Gasteiger charge is -2.28. The third-order valence-corrected chi connectivity index (χ3v) is 6.40. The van der Waals surface area contributed by atoms with E-state index in [4.69, 9.17) is 16.1 Å². The predicted molar refractivity (Wildman–Crippen MR) is 97.5 cm³/mol. The van der Waals surface area contributed by atoms with Crippen LogP contribution in [0.15, 0.2) is 22.7 Å². The summed E-state index contributed by atoms with van der Waals surface area (Å²) in [5.74, 6) is 1.58. The summed E-state index contributed by atoms with van der Waals surface area (Å²) in [6, 6.07) is 4.45. The Labute approximate surface area is 157 Å². The minimum atomic E-state index is -0.527. The fraction of sp³-hybridized carbons (Fsp3) is 0.500. The molecule has 138 valence electrons. The zero-order chi connectivity index (χ0) is 18.4. The molecule has 0 aliphatic heterocycles. The molecule has 1 amide bonds. The van der Waals surface area contributed by atoms with Crippen molar-refractivity contribution in [3.8, 4) is 11.3 Å². The van der Waals surface area contributed by atoms with Crippen molar-refractivity contribution >= 4 is 17.5 Å². The number of rotatable bonds is 4. The minimum Gasteiger partial charge on any atom is -0.360 e. The van der Waals surface area contributed by atoms with E-state index < -0.39 is 5.82 Å².